The Morgan fingerprint density at radius 3 is 2.72 bits per heavy atom. The molecule has 0 aromatic heterocycles. The zero-order valence-electron chi connectivity index (χ0n) is 15.8. The van der Waals surface area contributed by atoms with E-state index in [9.17, 15) is 24.0 Å². The van der Waals surface area contributed by atoms with Crippen molar-refractivity contribution in [3.05, 3.63) is 34.9 Å². The van der Waals surface area contributed by atoms with Crippen molar-refractivity contribution in [3.63, 3.8) is 0 Å². The topological polar surface area (TPSA) is 133 Å². The van der Waals surface area contributed by atoms with Gasteiger partial charge >= 0.3 is 5.97 Å². The number of carbonyl (C=O) groups excluding carboxylic acids is 4. The number of piperidine rings is 1. The minimum atomic E-state index is -1.16. The Labute approximate surface area is 166 Å². The Hall–Kier alpha value is -3.27. The van der Waals surface area contributed by atoms with Crippen molar-refractivity contribution in [1.29, 1.82) is 0 Å². The molecule has 3 rings (SSSR count). The number of hydrogen-bond acceptors (Lipinski definition) is 6. The van der Waals surface area contributed by atoms with Gasteiger partial charge in [-0.25, -0.2) is 0 Å². The number of ether oxygens (including phenoxy) is 1. The van der Waals surface area contributed by atoms with E-state index >= 15 is 0 Å². The minimum Gasteiger partial charge on any atom is -0.480 e. The van der Waals surface area contributed by atoms with Gasteiger partial charge in [0.2, 0.25) is 11.8 Å². The molecule has 0 aliphatic carbocycles. The molecule has 1 atom stereocenters. The van der Waals surface area contributed by atoms with E-state index in [0.717, 1.165) is 4.90 Å². The molecule has 1 fully saturated rings. The fraction of sp³-hybridized carbons (Fsp3) is 0.421. The van der Waals surface area contributed by atoms with Crippen LogP contribution < -0.4 is 5.32 Å². The van der Waals surface area contributed by atoms with Gasteiger partial charge < -0.3 is 19.6 Å². The fourth-order valence-electron chi connectivity index (χ4n) is 3.49. The zero-order chi connectivity index (χ0) is 21.1. The van der Waals surface area contributed by atoms with E-state index in [1.54, 1.807) is 6.07 Å². The minimum absolute atomic E-state index is 0.0923. The van der Waals surface area contributed by atoms with Gasteiger partial charge in [-0.3, -0.25) is 29.3 Å². The number of fused-ring (bicyclic) bond motifs is 1. The van der Waals surface area contributed by atoms with E-state index in [4.69, 9.17) is 9.84 Å². The number of nitrogens with zero attached hydrogens (tertiary/aromatic N) is 2. The molecule has 2 aliphatic heterocycles. The average Bonchev–Trinajstić information content (AvgIpc) is 3.00. The Balaban J connectivity index is 1.80. The third kappa shape index (κ3) is 4.27. The van der Waals surface area contributed by atoms with Gasteiger partial charge in [0.1, 0.15) is 12.6 Å². The van der Waals surface area contributed by atoms with Crippen LogP contribution >= 0.6 is 0 Å². The van der Waals surface area contributed by atoms with E-state index in [1.165, 1.54) is 24.1 Å². The molecule has 0 radical (unpaired) electrons. The summed E-state index contributed by atoms with van der Waals surface area (Å²) in [5, 5.41) is 11.3. The molecule has 0 spiro atoms. The van der Waals surface area contributed by atoms with E-state index in [2.05, 4.69) is 5.32 Å². The molecule has 10 heteroatoms. The third-order valence-corrected chi connectivity index (χ3v) is 4.95. The second-order valence-electron chi connectivity index (χ2n) is 6.89. The van der Waals surface area contributed by atoms with E-state index in [1.807, 2.05) is 0 Å². The predicted molar refractivity (Wildman–Crippen MR) is 97.9 cm³/mol. The van der Waals surface area contributed by atoms with Gasteiger partial charge in [-0.2, -0.15) is 0 Å². The van der Waals surface area contributed by atoms with Gasteiger partial charge in [-0.05, 0) is 24.1 Å². The van der Waals surface area contributed by atoms with Gasteiger partial charge in [0, 0.05) is 37.7 Å². The van der Waals surface area contributed by atoms with Crippen LogP contribution in [0.15, 0.2) is 18.2 Å². The number of rotatable bonds is 7. The van der Waals surface area contributed by atoms with Gasteiger partial charge in [0.05, 0.1) is 6.61 Å². The van der Waals surface area contributed by atoms with Crippen molar-refractivity contribution in [1.82, 2.24) is 15.1 Å². The monoisotopic (exact) mass is 403 g/mol. The molecule has 0 bridgehead atoms. The predicted octanol–water partition coefficient (Wildman–Crippen LogP) is -0.379. The van der Waals surface area contributed by atoms with Crippen molar-refractivity contribution in [2.45, 2.75) is 25.4 Å². The second kappa shape index (κ2) is 8.39. The van der Waals surface area contributed by atoms with Gasteiger partial charge in [-0.15, -0.1) is 0 Å². The Morgan fingerprint density at radius 2 is 2.07 bits per heavy atom. The van der Waals surface area contributed by atoms with E-state index < -0.39 is 36.3 Å². The summed E-state index contributed by atoms with van der Waals surface area (Å²) in [4.78, 5) is 62.6. The molecular weight excluding hydrogens is 382 g/mol. The van der Waals surface area contributed by atoms with Crippen molar-refractivity contribution >= 4 is 29.6 Å². The molecule has 0 saturated carbocycles. The molecule has 2 aliphatic rings. The summed E-state index contributed by atoms with van der Waals surface area (Å²) in [7, 11) is 1.45. The molecular formula is C19H21N3O7. The Kier molecular flexibility index (Phi) is 5.92. The summed E-state index contributed by atoms with van der Waals surface area (Å²) in [5.74, 6) is -2.95. The molecule has 4 amide bonds. The molecule has 2 heterocycles. The smallest absolute Gasteiger partial charge is 0.323 e. The summed E-state index contributed by atoms with van der Waals surface area (Å²) in [6, 6.07) is 3.84. The van der Waals surface area contributed by atoms with Crippen molar-refractivity contribution in [3.8, 4) is 0 Å². The number of amides is 4. The van der Waals surface area contributed by atoms with Crippen molar-refractivity contribution in [2.75, 3.05) is 26.8 Å². The average molecular weight is 403 g/mol. The second-order valence-corrected chi connectivity index (χ2v) is 6.89. The number of benzene rings is 1. The van der Waals surface area contributed by atoms with Crippen LogP contribution in [0.1, 0.15) is 39.1 Å². The maximum atomic E-state index is 12.8. The van der Waals surface area contributed by atoms with Crippen LogP contribution in [0.25, 0.3) is 0 Å². The zero-order valence-corrected chi connectivity index (χ0v) is 15.8. The summed E-state index contributed by atoms with van der Waals surface area (Å²) < 4.78 is 4.92. The van der Waals surface area contributed by atoms with Crippen LogP contribution in [-0.4, -0.2) is 77.4 Å². The highest BCUT2D eigenvalue weighted by Crippen LogP contribution is 2.28. The maximum absolute atomic E-state index is 12.8. The maximum Gasteiger partial charge on any atom is 0.323 e. The number of imide groups is 1. The van der Waals surface area contributed by atoms with Crippen LogP contribution in [0.4, 0.5) is 0 Å². The van der Waals surface area contributed by atoms with Crippen LogP contribution in [0.5, 0.6) is 0 Å². The van der Waals surface area contributed by atoms with Crippen LogP contribution in [0.2, 0.25) is 0 Å². The first-order valence-electron chi connectivity index (χ1n) is 9.09. The molecule has 2 N–H and O–H groups in total. The van der Waals surface area contributed by atoms with Crippen LogP contribution in [0, 0.1) is 0 Å². The summed E-state index contributed by atoms with van der Waals surface area (Å²) in [6.45, 7) is -0.0195. The third-order valence-electron chi connectivity index (χ3n) is 4.95. The molecule has 1 saturated heterocycles. The van der Waals surface area contributed by atoms with Crippen LogP contribution in [-0.2, 0) is 25.7 Å². The van der Waals surface area contributed by atoms with Crippen molar-refractivity contribution in [2.24, 2.45) is 0 Å². The highest BCUT2D eigenvalue weighted by Gasteiger charge is 2.39. The normalized spacial score (nSPS) is 18.4. The Morgan fingerprint density at radius 1 is 1.31 bits per heavy atom. The molecule has 154 valence electrons. The number of aliphatic carboxylic acids is 1. The lowest BCUT2D eigenvalue weighted by Gasteiger charge is -2.29. The standard InChI is InChI=1S/C19H21N3O7/c1-29-7-6-21(10-16(24)25)18(27)11-2-3-12-9-22(19(28)13(12)8-11)14-4-5-15(23)20-17(14)26/h2-3,8,14H,4-7,9-10H2,1H3,(H,24,25)(H,20,23,26). The SMILES string of the molecule is COCCN(CC(=O)O)C(=O)c1ccc2c(c1)C(=O)N(C1CCC(=O)NC1=O)C2. The summed E-state index contributed by atoms with van der Waals surface area (Å²) in [6.07, 6.45) is 0.406. The van der Waals surface area contributed by atoms with E-state index in [0.29, 0.717) is 11.1 Å². The summed E-state index contributed by atoms with van der Waals surface area (Å²) >= 11 is 0. The largest absolute Gasteiger partial charge is 0.480 e. The highest BCUT2D eigenvalue weighted by molar-refractivity contribution is 6.06. The first-order chi connectivity index (χ1) is 13.8. The molecule has 1 unspecified atom stereocenters. The van der Waals surface area contributed by atoms with E-state index in [-0.39, 0.29) is 44.0 Å². The first-order valence-corrected chi connectivity index (χ1v) is 9.09. The quantitative estimate of drug-likeness (QED) is 0.593. The first kappa shape index (κ1) is 20.5. The Bertz CT molecular complexity index is 883. The number of carbonyl (C=O) groups is 5. The van der Waals surface area contributed by atoms with Gasteiger partial charge in [-0.1, -0.05) is 6.07 Å². The lowest BCUT2D eigenvalue weighted by Crippen LogP contribution is -2.52. The molecule has 29 heavy (non-hydrogen) atoms. The number of carboxylic acids is 1. The molecule has 1 aromatic rings. The van der Waals surface area contributed by atoms with Crippen molar-refractivity contribution < 1.29 is 33.8 Å². The number of nitrogens with one attached hydrogen (secondary N) is 1. The van der Waals surface area contributed by atoms with Crippen LogP contribution in [0.3, 0.4) is 0 Å². The fourth-order valence-corrected chi connectivity index (χ4v) is 3.49. The molecule has 1 aromatic carbocycles. The van der Waals surface area contributed by atoms with Gasteiger partial charge in [0.15, 0.2) is 0 Å². The highest BCUT2D eigenvalue weighted by atomic mass is 16.5. The lowest BCUT2D eigenvalue weighted by atomic mass is 10.0. The number of hydrogen-bond donors (Lipinski definition) is 2. The number of carboxylic acid groups (broad SMARTS) is 1. The lowest BCUT2D eigenvalue weighted by molar-refractivity contribution is -0.138. The summed E-state index contributed by atoms with van der Waals surface area (Å²) in [5.41, 5.74) is 1.14. The molecule has 10 nitrogen and oxygen atoms in total. The number of methoxy groups -OCH3 is 1. The van der Waals surface area contributed by atoms with Gasteiger partial charge in [0.25, 0.3) is 11.8 Å².